The highest BCUT2D eigenvalue weighted by atomic mass is 35.5. The van der Waals surface area contributed by atoms with Gasteiger partial charge in [0.2, 0.25) is 11.8 Å². The molecule has 0 saturated carbocycles. The van der Waals surface area contributed by atoms with Gasteiger partial charge in [-0.1, -0.05) is 35.9 Å². The summed E-state index contributed by atoms with van der Waals surface area (Å²) in [5.74, 6) is 0.359. The molecule has 1 aromatic heterocycles. The van der Waals surface area contributed by atoms with Crippen LogP contribution in [-0.2, 0) is 13.0 Å². The van der Waals surface area contributed by atoms with Gasteiger partial charge in [-0.3, -0.25) is 4.79 Å². The number of rotatable bonds is 4. The van der Waals surface area contributed by atoms with E-state index in [2.05, 4.69) is 4.90 Å². The molecule has 3 heterocycles. The molecule has 6 nitrogen and oxygen atoms in total. The molecule has 170 valence electrons. The summed E-state index contributed by atoms with van der Waals surface area (Å²) >= 11 is 6.26. The third kappa shape index (κ3) is 4.50. The Kier molecular flexibility index (Phi) is 6.13. The maximum atomic E-state index is 14.4. The second-order valence-electron chi connectivity index (χ2n) is 8.29. The summed E-state index contributed by atoms with van der Waals surface area (Å²) in [5, 5.41) is 0.410. The molecule has 2 aliphatic rings. The smallest absolute Gasteiger partial charge is 0.255 e. The van der Waals surface area contributed by atoms with E-state index in [1.165, 1.54) is 12.5 Å². The van der Waals surface area contributed by atoms with Crippen molar-refractivity contribution < 1.29 is 13.9 Å². The largest absolute Gasteiger partial charge is 0.435 e. The summed E-state index contributed by atoms with van der Waals surface area (Å²) in [6.45, 7) is 2.54. The lowest BCUT2D eigenvalue weighted by Gasteiger charge is -2.32. The van der Waals surface area contributed by atoms with Crippen LogP contribution in [0.2, 0.25) is 5.02 Å². The second-order valence-corrected chi connectivity index (χ2v) is 8.70. The lowest BCUT2D eigenvalue weighted by Crippen LogP contribution is -2.38. The van der Waals surface area contributed by atoms with E-state index in [4.69, 9.17) is 26.3 Å². The number of benzene rings is 2. The molecular formula is C25H24ClFN4O2. The van der Waals surface area contributed by atoms with Crippen LogP contribution in [0, 0.1) is 5.82 Å². The number of ether oxygens (including phenoxy) is 1. The Hall–Kier alpha value is -3.19. The van der Waals surface area contributed by atoms with Crippen LogP contribution in [0.4, 0.5) is 10.3 Å². The average molecular weight is 467 g/mol. The number of amides is 1. The van der Waals surface area contributed by atoms with Crippen molar-refractivity contribution in [3.05, 3.63) is 76.2 Å². The number of nitrogens with zero attached hydrogens (tertiary/aromatic N) is 4. The third-order valence-electron chi connectivity index (χ3n) is 6.08. The molecule has 0 atom stereocenters. The van der Waals surface area contributed by atoms with Crippen LogP contribution < -0.4 is 9.64 Å². The first kappa shape index (κ1) is 21.6. The molecular weight excluding hydrogens is 443 g/mol. The first-order chi connectivity index (χ1) is 16.1. The number of anilines is 1. The van der Waals surface area contributed by atoms with Gasteiger partial charge in [-0.05, 0) is 43.5 Å². The van der Waals surface area contributed by atoms with E-state index in [0.29, 0.717) is 40.9 Å². The number of carbonyl (C=O) groups excluding carboxylic acids is 1. The van der Waals surface area contributed by atoms with Gasteiger partial charge in [0.05, 0.1) is 28.4 Å². The standard InChI is InChI=1S/C25H24ClFN4O2/c26-19-9-3-2-8-17(19)24(32)31-15-12-21-18(16-31)23(33-22-11-5-4-10-20(22)27)29-25(28-21)30-13-6-1-7-14-30/h2-5,8-11H,1,6-7,12-16H2. The highest BCUT2D eigenvalue weighted by molar-refractivity contribution is 6.33. The van der Waals surface area contributed by atoms with Crippen molar-refractivity contribution in [1.29, 1.82) is 0 Å². The topological polar surface area (TPSA) is 58.6 Å². The maximum Gasteiger partial charge on any atom is 0.255 e. The van der Waals surface area contributed by atoms with E-state index < -0.39 is 5.82 Å². The number of piperidine rings is 1. The van der Waals surface area contributed by atoms with Crippen molar-refractivity contribution in [3.8, 4) is 11.6 Å². The van der Waals surface area contributed by atoms with Gasteiger partial charge in [0, 0.05) is 26.1 Å². The number of hydrogen-bond acceptors (Lipinski definition) is 5. The number of hydrogen-bond donors (Lipinski definition) is 0. The van der Waals surface area contributed by atoms with Crippen LogP contribution in [0.5, 0.6) is 11.6 Å². The van der Waals surface area contributed by atoms with Gasteiger partial charge in [-0.2, -0.15) is 4.98 Å². The predicted octanol–water partition coefficient (Wildman–Crippen LogP) is 5.25. The Labute approximate surface area is 197 Å². The van der Waals surface area contributed by atoms with Gasteiger partial charge in [0.25, 0.3) is 5.91 Å². The minimum atomic E-state index is -0.468. The monoisotopic (exact) mass is 466 g/mol. The molecule has 0 spiro atoms. The maximum absolute atomic E-state index is 14.4. The average Bonchev–Trinajstić information content (AvgIpc) is 2.85. The summed E-state index contributed by atoms with van der Waals surface area (Å²) < 4.78 is 20.4. The first-order valence-corrected chi connectivity index (χ1v) is 11.6. The number of fused-ring (bicyclic) bond motifs is 1. The van der Waals surface area contributed by atoms with Crippen LogP contribution in [-0.4, -0.2) is 40.4 Å². The van der Waals surface area contributed by atoms with Gasteiger partial charge in [0.1, 0.15) is 0 Å². The third-order valence-corrected chi connectivity index (χ3v) is 6.41. The Balaban J connectivity index is 1.50. The van der Waals surface area contributed by atoms with Crippen LogP contribution in [0.1, 0.15) is 40.9 Å². The van der Waals surface area contributed by atoms with E-state index >= 15 is 0 Å². The minimum absolute atomic E-state index is 0.0950. The molecule has 0 N–H and O–H groups in total. The molecule has 2 aromatic carbocycles. The highest BCUT2D eigenvalue weighted by Crippen LogP contribution is 2.33. The fourth-order valence-electron chi connectivity index (χ4n) is 4.30. The molecule has 0 unspecified atom stereocenters. The molecule has 3 aromatic rings. The van der Waals surface area contributed by atoms with Crippen LogP contribution in [0.3, 0.4) is 0 Å². The summed E-state index contributed by atoms with van der Waals surface area (Å²) in [6.07, 6.45) is 3.93. The van der Waals surface area contributed by atoms with E-state index in [-0.39, 0.29) is 18.2 Å². The van der Waals surface area contributed by atoms with Crippen molar-refractivity contribution in [3.63, 3.8) is 0 Å². The molecule has 5 rings (SSSR count). The molecule has 0 bridgehead atoms. The van der Waals surface area contributed by atoms with Crippen molar-refractivity contribution in [2.75, 3.05) is 24.5 Å². The van der Waals surface area contributed by atoms with Crippen LogP contribution in [0.15, 0.2) is 48.5 Å². The van der Waals surface area contributed by atoms with Crippen molar-refractivity contribution >= 4 is 23.5 Å². The molecule has 33 heavy (non-hydrogen) atoms. The quantitative estimate of drug-likeness (QED) is 0.525. The fourth-order valence-corrected chi connectivity index (χ4v) is 4.52. The van der Waals surface area contributed by atoms with E-state index in [1.807, 2.05) is 0 Å². The summed E-state index contributed by atoms with van der Waals surface area (Å²) in [7, 11) is 0. The van der Waals surface area contributed by atoms with Crippen molar-refractivity contribution in [2.24, 2.45) is 0 Å². The normalized spacial score (nSPS) is 15.8. The van der Waals surface area contributed by atoms with Crippen LogP contribution in [0.25, 0.3) is 0 Å². The van der Waals surface area contributed by atoms with E-state index in [9.17, 15) is 9.18 Å². The molecule has 0 aliphatic carbocycles. The Morgan fingerprint density at radius 3 is 2.52 bits per heavy atom. The molecule has 1 fully saturated rings. The first-order valence-electron chi connectivity index (χ1n) is 11.2. The van der Waals surface area contributed by atoms with E-state index in [0.717, 1.165) is 31.6 Å². The second kappa shape index (κ2) is 9.35. The van der Waals surface area contributed by atoms with E-state index in [1.54, 1.807) is 47.4 Å². The molecule has 2 aliphatic heterocycles. The molecule has 1 amide bonds. The fraction of sp³-hybridized carbons (Fsp3) is 0.320. The zero-order valence-corrected chi connectivity index (χ0v) is 18.9. The Bertz CT molecular complexity index is 1180. The van der Waals surface area contributed by atoms with Gasteiger partial charge < -0.3 is 14.5 Å². The molecule has 1 saturated heterocycles. The summed E-state index contributed by atoms with van der Waals surface area (Å²) in [5.41, 5.74) is 1.98. The zero-order valence-electron chi connectivity index (χ0n) is 18.1. The zero-order chi connectivity index (χ0) is 22.8. The number of carbonyl (C=O) groups is 1. The number of aromatic nitrogens is 2. The molecule has 8 heteroatoms. The predicted molar refractivity (Wildman–Crippen MR) is 124 cm³/mol. The van der Waals surface area contributed by atoms with Gasteiger partial charge in [0.15, 0.2) is 11.6 Å². The number of halogens is 2. The minimum Gasteiger partial charge on any atom is -0.435 e. The Morgan fingerprint density at radius 1 is 0.970 bits per heavy atom. The van der Waals surface area contributed by atoms with Crippen molar-refractivity contribution in [1.82, 2.24) is 14.9 Å². The Morgan fingerprint density at radius 2 is 1.73 bits per heavy atom. The van der Waals surface area contributed by atoms with Gasteiger partial charge in [-0.25, -0.2) is 9.37 Å². The lowest BCUT2D eigenvalue weighted by molar-refractivity contribution is 0.0732. The van der Waals surface area contributed by atoms with Gasteiger partial charge in [-0.15, -0.1) is 0 Å². The lowest BCUT2D eigenvalue weighted by atomic mass is 10.0. The SMILES string of the molecule is O=C(c1ccccc1Cl)N1CCc2nc(N3CCCCC3)nc(Oc3ccccc3F)c2C1. The van der Waals surface area contributed by atoms with Crippen molar-refractivity contribution in [2.45, 2.75) is 32.2 Å². The molecule has 0 radical (unpaired) electrons. The summed E-state index contributed by atoms with van der Waals surface area (Å²) in [6, 6.07) is 13.2. The summed E-state index contributed by atoms with van der Waals surface area (Å²) in [4.78, 5) is 26.5. The van der Waals surface area contributed by atoms with Crippen LogP contribution >= 0.6 is 11.6 Å². The number of para-hydroxylation sites is 1. The highest BCUT2D eigenvalue weighted by Gasteiger charge is 2.29. The van der Waals surface area contributed by atoms with Gasteiger partial charge >= 0.3 is 0 Å².